The summed E-state index contributed by atoms with van der Waals surface area (Å²) in [7, 11) is -3.82. The zero-order valence-corrected chi connectivity index (χ0v) is 16.4. The summed E-state index contributed by atoms with van der Waals surface area (Å²) in [5.41, 5.74) is 1.96. The predicted octanol–water partition coefficient (Wildman–Crippen LogP) is 4.28. The Kier molecular flexibility index (Phi) is 4.91. The van der Waals surface area contributed by atoms with Crippen molar-refractivity contribution in [1.82, 2.24) is 0 Å². The van der Waals surface area contributed by atoms with E-state index in [4.69, 9.17) is 0 Å². The molecule has 1 aromatic heterocycles. The topological polar surface area (TPSA) is 66.5 Å². The van der Waals surface area contributed by atoms with E-state index in [1.807, 2.05) is 11.4 Å². The van der Waals surface area contributed by atoms with Crippen LogP contribution in [0.25, 0.3) is 0 Å². The number of benzene rings is 2. The van der Waals surface area contributed by atoms with Gasteiger partial charge in [-0.25, -0.2) is 12.8 Å². The maximum atomic E-state index is 13.2. The van der Waals surface area contributed by atoms with Crippen LogP contribution >= 0.6 is 11.3 Å². The largest absolute Gasteiger partial charge is 0.321 e. The Bertz CT molecular complexity index is 1110. The van der Waals surface area contributed by atoms with Gasteiger partial charge >= 0.3 is 0 Å². The number of carbonyl (C=O) groups is 1. The van der Waals surface area contributed by atoms with Crippen molar-refractivity contribution < 1.29 is 17.6 Å². The van der Waals surface area contributed by atoms with Gasteiger partial charge in [-0.2, -0.15) is 0 Å². The second kappa shape index (κ2) is 7.37. The highest BCUT2D eigenvalue weighted by atomic mass is 32.2. The van der Waals surface area contributed by atoms with E-state index in [1.165, 1.54) is 27.8 Å². The number of aryl methyl sites for hydroxylation is 1. The minimum absolute atomic E-state index is 0.0368. The third kappa shape index (κ3) is 3.53. The molecule has 0 saturated carbocycles. The SMILES string of the molecule is O=C(Nc1ccc2c(c1)N(S(=O)(=O)c1ccc(F)cc1)CCC2)c1cccs1. The van der Waals surface area contributed by atoms with E-state index in [2.05, 4.69) is 5.32 Å². The first-order valence-electron chi connectivity index (χ1n) is 8.71. The van der Waals surface area contributed by atoms with Gasteiger partial charge in [0.25, 0.3) is 15.9 Å². The molecule has 2 heterocycles. The summed E-state index contributed by atoms with van der Waals surface area (Å²) in [5.74, 6) is -0.727. The van der Waals surface area contributed by atoms with Crippen molar-refractivity contribution in [3.8, 4) is 0 Å². The minimum Gasteiger partial charge on any atom is -0.321 e. The smallest absolute Gasteiger partial charge is 0.265 e. The molecule has 1 aliphatic rings. The lowest BCUT2D eigenvalue weighted by Crippen LogP contribution is -2.35. The summed E-state index contributed by atoms with van der Waals surface area (Å²) in [5, 5.41) is 4.63. The molecule has 0 fully saturated rings. The number of halogens is 1. The molecule has 0 aliphatic carbocycles. The number of fused-ring (bicyclic) bond motifs is 1. The van der Waals surface area contributed by atoms with Gasteiger partial charge in [0.2, 0.25) is 0 Å². The Labute approximate surface area is 166 Å². The molecule has 0 unspecified atom stereocenters. The van der Waals surface area contributed by atoms with E-state index in [9.17, 15) is 17.6 Å². The molecule has 28 heavy (non-hydrogen) atoms. The van der Waals surface area contributed by atoms with Gasteiger partial charge in [0, 0.05) is 12.2 Å². The molecular formula is C20H17FN2O3S2. The number of carbonyl (C=O) groups excluding carboxylic acids is 1. The lowest BCUT2D eigenvalue weighted by Gasteiger charge is -2.31. The zero-order chi connectivity index (χ0) is 19.7. The van der Waals surface area contributed by atoms with Gasteiger partial charge in [0.1, 0.15) is 5.82 Å². The first-order valence-corrected chi connectivity index (χ1v) is 11.0. The van der Waals surface area contributed by atoms with Gasteiger partial charge in [-0.1, -0.05) is 12.1 Å². The number of hydrogen-bond acceptors (Lipinski definition) is 4. The highest BCUT2D eigenvalue weighted by Gasteiger charge is 2.29. The van der Waals surface area contributed by atoms with Gasteiger partial charge < -0.3 is 5.32 Å². The highest BCUT2D eigenvalue weighted by molar-refractivity contribution is 7.92. The van der Waals surface area contributed by atoms with Crippen LogP contribution in [-0.2, 0) is 16.4 Å². The quantitative estimate of drug-likeness (QED) is 0.690. The van der Waals surface area contributed by atoms with E-state index in [-0.39, 0.29) is 10.8 Å². The van der Waals surface area contributed by atoms with Gasteiger partial charge in [-0.3, -0.25) is 9.10 Å². The number of anilines is 2. The van der Waals surface area contributed by atoms with Crippen LogP contribution in [0.4, 0.5) is 15.8 Å². The lowest BCUT2D eigenvalue weighted by molar-refractivity contribution is 0.103. The molecule has 1 N–H and O–H groups in total. The Morgan fingerprint density at radius 3 is 2.61 bits per heavy atom. The number of hydrogen-bond donors (Lipinski definition) is 1. The zero-order valence-electron chi connectivity index (χ0n) is 14.8. The lowest BCUT2D eigenvalue weighted by atomic mass is 10.0. The molecule has 4 rings (SSSR count). The Morgan fingerprint density at radius 1 is 1.11 bits per heavy atom. The molecule has 0 radical (unpaired) electrons. The summed E-state index contributed by atoms with van der Waals surface area (Å²) < 4.78 is 40.7. The van der Waals surface area contributed by atoms with E-state index in [0.29, 0.717) is 29.2 Å². The number of rotatable bonds is 4. The van der Waals surface area contributed by atoms with Crippen molar-refractivity contribution in [2.45, 2.75) is 17.7 Å². The molecule has 3 aromatic rings. The third-order valence-electron chi connectivity index (χ3n) is 4.57. The number of amides is 1. The molecule has 0 spiro atoms. The average molecular weight is 416 g/mol. The minimum atomic E-state index is -3.82. The van der Waals surface area contributed by atoms with Crippen molar-refractivity contribution in [3.63, 3.8) is 0 Å². The number of nitrogens with one attached hydrogen (secondary N) is 1. The second-order valence-electron chi connectivity index (χ2n) is 6.41. The van der Waals surface area contributed by atoms with E-state index in [0.717, 1.165) is 24.1 Å². The number of nitrogens with zero attached hydrogens (tertiary/aromatic N) is 1. The first-order chi connectivity index (χ1) is 13.4. The summed E-state index contributed by atoms with van der Waals surface area (Å²) in [6.45, 7) is 0.328. The molecule has 1 aliphatic heterocycles. The monoisotopic (exact) mass is 416 g/mol. The molecule has 8 heteroatoms. The van der Waals surface area contributed by atoms with E-state index < -0.39 is 15.8 Å². The fourth-order valence-electron chi connectivity index (χ4n) is 3.20. The second-order valence-corrected chi connectivity index (χ2v) is 9.22. The van der Waals surface area contributed by atoms with Crippen LogP contribution in [-0.4, -0.2) is 20.9 Å². The van der Waals surface area contributed by atoms with Crippen molar-refractivity contribution in [1.29, 1.82) is 0 Å². The van der Waals surface area contributed by atoms with Gasteiger partial charge in [0.05, 0.1) is 15.5 Å². The van der Waals surface area contributed by atoms with Gasteiger partial charge in [0.15, 0.2) is 0 Å². The fourth-order valence-corrected chi connectivity index (χ4v) is 5.35. The normalized spacial score (nSPS) is 13.8. The molecule has 2 aromatic carbocycles. The summed E-state index contributed by atoms with van der Waals surface area (Å²) in [6, 6.07) is 13.6. The predicted molar refractivity (Wildman–Crippen MR) is 108 cm³/mol. The van der Waals surface area contributed by atoms with Crippen LogP contribution in [0.15, 0.2) is 64.9 Å². The van der Waals surface area contributed by atoms with Gasteiger partial charge in [-0.05, 0) is 66.2 Å². The first kappa shape index (κ1) is 18.6. The molecule has 0 bridgehead atoms. The number of sulfonamides is 1. The summed E-state index contributed by atoms with van der Waals surface area (Å²) in [4.78, 5) is 12.9. The van der Waals surface area contributed by atoms with Crippen molar-refractivity contribution in [3.05, 3.63) is 76.2 Å². The van der Waals surface area contributed by atoms with E-state index >= 15 is 0 Å². The summed E-state index contributed by atoms with van der Waals surface area (Å²) >= 11 is 1.33. The van der Waals surface area contributed by atoms with Crippen LogP contribution in [0.1, 0.15) is 21.7 Å². The van der Waals surface area contributed by atoms with Crippen molar-refractivity contribution in [2.24, 2.45) is 0 Å². The standard InChI is InChI=1S/C20H17FN2O3S2/c21-15-6-9-17(10-7-15)28(25,26)23-11-1-3-14-5-8-16(13-18(14)23)22-20(24)19-4-2-12-27-19/h2,4-10,12-13H,1,3,11H2,(H,22,24). The molecule has 144 valence electrons. The fraction of sp³-hybridized carbons (Fsp3) is 0.150. The molecule has 0 atom stereocenters. The molecule has 0 saturated heterocycles. The maximum absolute atomic E-state index is 13.2. The molecule has 1 amide bonds. The van der Waals surface area contributed by atoms with Crippen LogP contribution < -0.4 is 9.62 Å². The maximum Gasteiger partial charge on any atom is 0.265 e. The number of thiophene rings is 1. The Hall–Kier alpha value is -2.71. The van der Waals surface area contributed by atoms with Crippen molar-refractivity contribution >= 4 is 38.6 Å². The van der Waals surface area contributed by atoms with Crippen LogP contribution in [0, 0.1) is 5.82 Å². The Balaban J connectivity index is 1.68. The third-order valence-corrected chi connectivity index (χ3v) is 7.26. The highest BCUT2D eigenvalue weighted by Crippen LogP contribution is 2.34. The molecular weight excluding hydrogens is 399 g/mol. The molecule has 5 nitrogen and oxygen atoms in total. The van der Waals surface area contributed by atoms with Crippen LogP contribution in [0.3, 0.4) is 0 Å². The Morgan fingerprint density at radius 2 is 1.89 bits per heavy atom. The van der Waals surface area contributed by atoms with Gasteiger partial charge in [-0.15, -0.1) is 11.3 Å². The van der Waals surface area contributed by atoms with E-state index in [1.54, 1.807) is 24.3 Å². The average Bonchev–Trinajstić information content (AvgIpc) is 3.23. The van der Waals surface area contributed by atoms with Crippen LogP contribution in [0.5, 0.6) is 0 Å². The summed E-state index contributed by atoms with van der Waals surface area (Å²) in [6.07, 6.45) is 1.44. The van der Waals surface area contributed by atoms with Crippen LogP contribution in [0.2, 0.25) is 0 Å². The van der Waals surface area contributed by atoms with Crippen molar-refractivity contribution in [2.75, 3.05) is 16.2 Å².